The maximum Gasteiger partial charge on any atom is 0.241 e. The van der Waals surface area contributed by atoms with Gasteiger partial charge in [0, 0.05) is 37.7 Å². The molecular formula is C18H27ClN4O3. The monoisotopic (exact) mass is 382 g/mol. The van der Waals surface area contributed by atoms with E-state index in [1.165, 1.54) is 0 Å². The predicted molar refractivity (Wildman–Crippen MR) is 103 cm³/mol. The van der Waals surface area contributed by atoms with Gasteiger partial charge in [-0.1, -0.05) is 11.6 Å². The van der Waals surface area contributed by atoms with Gasteiger partial charge in [-0.05, 0) is 32.0 Å². The number of methoxy groups -OCH3 is 1. The summed E-state index contributed by atoms with van der Waals surface area (Å²) in [6.07, 6.45) is 0. The summed E-state index contributed by atoms with van der Waals surface area (Å²) in [6, 6.07) is 4.83. The summed E-state index contributed by atoms with van der Waals surface area (Å²) in [5.74, 6) is 0.504. The molecule has 0 aliphatic carbocycles. The summed E-state index contributed by atoms with van der Waals surface area (Å²) >= 11 is 6.01. The number of nitrogens with one attached hydrogen (secondary N) is 2. The predicted octanol–water partition coefficient (Wildman–Crippen LogP) is 1.43. The van der Waals surface area contributed by atoms with E-state index >= 15 is 0 Å². The average Bonchev–Trinajstić information content (AvgIpc) is 2.62. The molecule has 8 heteroatoms. The Hall–Kier alpha value is -1.83. The van der Waals surface area contributed by atoms with Gasteiger partial charge in [0.15, 0.2) is 0 Å². The molecule has 1 aliphatic heterocycles. The van der Waals surface area contributed by atoms with Gasteiger partial charge in [0.1, 0.15) is 5.75 Å². The van der Waals surface area contributed by atoms with Crippen LogP contribution < -0.4 is 15.4 Å². The SMILES string of the molecule is CCNC(=O)CN1CCN(C(C)C(=O)Nc2cc(Cl)ccc2OC)CC1. The minimum absolute atomic E-state index is 0.0415. The molecule has 1 saturated heterocycles. The molecule has 0 saturated carbocycles. The molecule has 1 unspecified atom stereocenters. The van der Waals surface area contributed by atoms with Crippen molar-refractivity contribution in [2.75, 3.05) is 51.7 Å². The highest BCUT2D eigenvalue weighted by atomic mass is 35.5. The Morgan fingerprint density at radius 3 is 2.58 bits per heavy atom. The van der Waals surface area contributed by atoms with E-state index in [1.54, 1.807) is 25.3 Å². The second-order valence-corrected chi connectivity index (χ2v) is 6.71. The molecule has 144 valence electrons. The Balaban J connectivity index is 1.88. The molecule has 1 aliphatic rings. The van der Waals surface area contributed by atoms with Gasteiger partial charge in [-0.3, -0.25) is 19.4 Å². The third-order valence-corrected chi connectivity index (χ3v) is 4.73. The van der Waals surface area contributed by atoms with E-state index in [1.807, 2.05) is 13.8 Å². The van der Waals surface area contributed by atoms with Crippen LogP contribution in [-0.4, -0.2) is 74.0 Å². The van der Waals surface area contributed by atoms with Crippen LogP contribution in [0.4, 0.5) is 5.69 Å². The summed E-state index contributed by atoms with van der Waals surface area (Å²) in [5.41, 5.74) is 0.562. The normalized spacial score (nSPS) is 16.8. The standard InChI is InChI=1S/C18H27ClN4O3/c1-4-20-17(24)12-22-7-9-23(10-8-22)13(2)18(25)21-15-11-14(19)5-6-16(15)26-3/h5-6,11,13H,4,7-10,12H2,1-3H3,(H,20,24)(H,21,25). The van der Waals surface area contributed by atoms with Crippen LogP contribution in [0.2, 0.25) is 5.02 Å². The number of hydrogen-bond donors (Lipinski definition) is 2. The molecule has 7 nitrogen and oxygen atoms in total. The van der Waals surface area contributed by atoms with E-state index in [4.69, 9.17) is 16.3 Å². The highest BCUT2D eigenvalue weighted by molar-refractivity contribution is 6.31. The maximum absolute atomic E-state index is 12.6. The van der Waals surface area contributed by atoms with Crippen LogP contribution in [0, 0.1) is 0 Å². The molecule has 1 aromatic rings. The summed E-state index contributed by atoms with van der Waals surface area (Å²) in [4.78, 5) is 28.5. The molecule has 1 atom stereocenters. The van der Waals surface area contributed by atoms with Crippen molar-refractivity contribution < 1.29 is 14.3 Å². The lowest BCUT2D eigenvalue weighted by Gasteiger charge is -2.37. The van der Waals surface area contributed by atoms with E-state index in [0.717, 1.165) is 26.2 Å². The first-order valence-corrected chi connectivity index (χ1v) is 9.20. The van der Waals surface area contributed by atoms with Gasteiger partial charge in [0.25, 0.3) is 0 Å². The topological polar surface area (TPSA) is 73.9 Å². The third-order valence-electron chi connectivity index (χ3n) is 4.49. The molecule has 0 radical (unpaired) electrons. The zero-order chi connectivity index (χ0) is 19.1. The van der Waals surface area contributed by atoms with Gasteiger partial charge in [0.05, 0.1) is 25.4 Å². The Bertz CT molecular complexity index is 633. The van der Waals surface area contributed by atoms with Gasteiger partial charge in [-0.2, -0.15) is 0 Å². The highest BCUT2D eigenvalue weighted by Gasteiger charge is 2.26. The number of piperazine rings is 1. The summed E-state index contributed by atoms with van der Waals surface area (Å²) in [7, 11) is 1.55. The Labute approximate surface area is 159 Å². The minimum Gasteiger partial charge on any atom is -0.495 e. The van der Waals surface area contributed by atoms with Crippen LogP contribution in [0.15, 0.2) is 18.2 Å². The number of carbonyl (C=O) groups is 2. The van der Waals surface area contributed by atoms with Crippen LogP contribution in [0.1, 0.15) is 13.8 Å². The number of amides is 2. The third kappa shape index (κ3) is 5.59. The largest absolute Gasteiger partial charge is 0.495 e. The van der Waals surface area contributed by atoms with Crippen molar-refractivity contribution in [2.45, 2.75) is 19.9 Å². The van der Waals surface area contributed by atoms with Crippen molar-refractivity contribution in [1.82, 2.24) is 15.1 Å². The first-order valence-electron chi connectivity index (χ1n) is 8.82. The maximum atomic E-state index is 12.6. The lowest BCUT2D eigenvalue weighted by atomic mass is 10.2. The Morgan fingerprint density at radius 2 is 1.96 bits per heavy atom. The fraction of sp³-hybridized carbons (Fsp3) is 0.556. The van der Waals surface area contributed by atoms with Crippen LogP contribution in [0.3, 0.4) is 0 Å². The van der Waals surface area contributed by atoms with Crippen molar-refractivity contribution in [1.29, 1.82) is 0 Å². The van der Waals surface area contributed by atoms with Crippen LogP contribution >= 0.6 is 11.6 Å². The van der Waals surface area contributed by atoms with Gasteiger partial charge >= 0.3 is 0 Å². The number of anilines is 1. The lowest BCUT2D eigenvalue weighted by molar-refractivity contribution is -0.124. The summed E-state index contributed by atoms with van der Waals surface area (Å²) < 4.78 is 5.27. The summed E-state index contributed by atoms with van der Waals surface area (Å²) in [6.45, 7) is 7.83. The first kappa shape index (κ1) is 20.5. The van der Waals surface area contributed by atoms with E-state index in [9.17, 15) is 9.59 Å². The van der Waals surface area contributed by atoms with E-state index in [2.05, 4.69) is 20.4 Å². The lowest BCUT2D eigenvalue weighted by Crippen LogP contribution is -2.54. The van der Waals surface area contributed by atoms with Crippen molar-refractivity contribution in [3.63, 3.8) is 0 Å². The fourth-order valence-corrected chi connectivity index (χ4v) is 3.12. The van der Waals surface area contributed by atoms with Gasteiger partial charge < -0.3 is 15.4 Å². The van der Waals surface area contributed by atoms with Gasteiger partial charge in [-0.15, -0.1) is 0 Å². The number of rotatable bonds is 7. The fourth-order valence-electron chi connectivity index (χ4n) is 2.95. The van der Waals surface area contributed by atoms with Crippen LogP contribution in [-0.2, 0) is 9.59 Å². The highest BCUT2D eigenvalue weighted by Crippen LogP contribution is 2.28. The van der Waals surface area contributed by atoms with Gasteiger partial charge in [-0.25, -0.2) is 0 Å². The Kier molecular flexibility index (Phi) is 7.68. The van der Waals surface area contributed by atoms with E-state index in [0.29, 0.717) is 29.5 Å². The number of likely N-dealkylation sites (N-methyl/N-ethyl adjacent to an activating group) is 1. The number of carbonyl (C=O) groups excluding carboxylic acids is 2. The average molecular weight is 383 g/mol. The zero-order valence-corrected chi connectivity index (χ0v) is 16.3. The second-order valence-electron chi connectivity index (χ2n) is 6.28. The van der Waals surface area contributed by atoms with Gasteiger partial charge in [0.2, 0.25) is 11.8 Å². The molecule has 0 aromatic heterocycles. The molecule has 2 amide bonds. The quantitative estimate of drug-likeness (QED) is 0.746. The smallest absolute Gasteiger partial charge is 0.241 e. The molecular weight excluding hydrogens is 356 g/mol. The minimum atomic E-state index is -0.287. The summed E-state index contributed by atoms with van der Waals surface area (Å²) in [5, 5.41) is 6.23. The molecule has 0 bridgehead atoms. The molecule has 1 fully saturated rings. The van der Waals surface area contributed by atoms with Crippen molar-refractivity contribution in [2.24, 2.45) is 0 Å². The number of ether oxygens (including phenoxy) is 1. The molecule has 26 heavy (non-hydrogen) atoms. The van der Waals surface area contributed by atoms with Crippen LogP contribution in [0.5, 0.6) is 5.75 Å². The van der Waals surface area contributed by atoms with Crippen molar-refractivity contribution in [3.05, 3.63) is 23.2 Å². The number of halogens is 1. The molecule has 2 rings (SSSR count). The van der Waals surface area contributed by atoms with Crippen molar-refractivity contribution >= 4 is 29.1 Å². The first-order chi connectivity index (χ1) is 12.4. The molecule has 1 aromatic carbocycles. The number of nitrogens with zero attached hydrogens (tertiary/aromatic N) is 2. The molecule has 1 heterocycles. The second kappa shape index (κ2) is 9.75. The Morgan fingerprint density at radius 1 is 1.27 bits per heavy atom. The van der Waals surface area contributed by atoms with Crippen molar-refractivity contribution in [3.8, 4) is 5.75 Å². The van der Waals surface area contributed by atoms with E-state index in [-0.39, 0.29) is 17.9 Å². The van der Waals surface area contributed by atoms with E-state index < -0.39 is 0 Å². The zero-order valence-electron chi connectivity index (χ0n) is 15.5. The van der Waals surface area contributed by atoms with Crippen LogP contribution in [0.25, 0.3) is 0 Å². The molecule has 2 N–H and O–H groups in total. The number of hydrogen-bond acceptors (Lipinski definition) is 5. The molecule has 0 spiro atoms. The number of benzene rings is 1.